The summed E-state index contributed by atoms with van der Waals surface area (Å²) < 4.78 is 0. The molecule has 0 bridgehead atoms. The van der Waals surface area contributed by atoms with Crippen molar-refractivity contribution in [2.45, 2.75) is 22.8 Å². The van der Waals surface area contributed by atoms with E-state index in [1.54, 1.807) is 18.0 Å². The minimum Gasteiger partial charge on any atom is -0.285 e. The number of urea groups is 1. The molecule has 1 aliphatic rings. The van der Waals surface area contributed by atoms with Crippen LogP contribution in [0.3, 0.4) is 0 Å². The SMILES string of the molecule is CC(c1ccccn1)N(C(=O)N1c2ccccc2Sc2ccccc21)c1ccccc1. The number of anilines is 3. The van der Waals surface area contributed by atoms with Gasteiger partial charge in [0, 0.05) is 21.7 Å². The van der Waals surface area contributed by atoms with E-state index in [2.05, 4.69) is 17.1 Å². The smallest absolute Gasteiger partial charge is 0.285 e. The standard InChI is InChI=1S/C26H21N3OS/c1-19(21-13-9-10-18-27-21)28(20-11-3-2-4-12-20)26(30)29-22-14-5-7-16-24(22)31-25-17-8-6-15-23(25)29/h2-19H,1H3. The van der Waals surface area contributed by atoms with Crippen LogP contribution in [0, 0.1) is 0 Å². The van der Waals surface area contributed by atoms with Crippen LogP contribution in [0.15, 0.2) is 113 Å². The van der Waals surface area contributed by atoms with Crippen LogP contribution in [-0.4, -0.2) is 11.0 Å². The Morgan fingerprint density at radius 3 is 2.00 bits per heavy atom. The van der Waals surface area contributed by atoms with Crippen LogP contribution in [0.4, 0.5) is 21.9 Å². The molecule has 1 atom stereocenters. The summed E-state index contributed by atoms with van der Waals surface area (Å²) in [7, 11) is 0. The Balaban J connectivity index is 1.66. The van der Waals surface area contributed by atoms with Crippen molar-refractivity contribution in [2.75, 3.05) is 9.80 Å². The Morgan fingerprint density at radius 2 is 1.39 bits per heavy atom. The van der Waals surface area contributed by atoms with Crippen LogP contribution in [0.25, 0.3) is 0 Å². The maximum absolute atomic E-state index is 14.3. The van der Waals surface area contributed by atoms with E-state index in [-0.39, 0.29) is 12.1 Å². The summed E-state index contributed by atoms with van der Waals surface area (Å²) in [6.07, 6.45) is 1.77. The fraction of sp³-hybridized carbons (Fsp3) is 0.0769. The molecule has 0 saturated carbocycles. The molecule has 1 aliphatic heterocycles. The normalized spacial score (nSPS) is 13.1. The average molecular weight is 424 g/mol. The van der Waals surface area contributed by atoms with Crippen molar-refractivity contribution in [1.82, 2.24) is 4.98 Å². The molecule has 1 aromatic heterocycles. The van der Waals surface area contributed by atoms with Gasteiger partial charge in [-0.1, -0.05) is 60.3 Å². The lowest BCUT2D eigenvalue weighted by molar-refractivity contribution is 0.251. The van der Waals surface area contributed by atoms with Crippen molar-refractivity contribution in [3.8, 4) is 0 Å². The van der Waals surface area contributed by atoms with Gasteiger partial charge in [-0.2, -0.15) is 0 Å². The molecule has 0 fully saturated rings. The molecule has 152 valence electrons. The fourth-order valence-electron chi connectivity index (χ4n) is 3.86. The summed E-state index contributed by atoms with van der Waals surface area (Å²) in [5, 5.41) is 0. The van der Waals surface area contributed by atoms with E-state index in [4.69, 9.17) is 0 Å². The first-order valence-corrected chi connectivity index (χ1v) is 11.0. The van der Waals surface area contributed by atoms with E-state index in [0.717, 1.165) is 32.5 Å². The van der Waals surface area contributed by atoms with Crippen LogP contribution < -0.4 is 9.80 Å². The van der Waals surface area contributed by atoms with Crippen LogP contribution in [-0.2, 0) is 0 Å². The van der Waals surface area contributed by atoms with Gasteiger partial charge in [0.2, 0.25) is 0 Å². The molecule has 0 aliphatic carbocycles. The van der Waals surface area contributed by atoms with E-state index >= 15 is 0 Å². The summed E-state index contributed by atoms with van der Waals surface area (Å²) in [5.41, 5.74) is 3.46. The number of pyridine rings is 1. The highest BCUT2D eigenvalue weighted by Crippen LogP contribution is 2.48. The molecule has 2 heterocycles. The van der Waals surface area contributed by atoms with Crippen LogP contribution >= 0.6 is 11.8 Å². The molecule has 5 heteroatoms. The van der Waals surface area contributed by atoms with Gasteiger partial charge in [-0.05, 0) is 55.5 Å². The lowest BCUT2D eigenvalue weighted by Crippen LogP contribution is -2.43. The van der Waals surface area contributed by atoms with Gasteiger partial charge < -0.3 is 0 Å². The first-order valence-electron chi connectivity index (χ1n) is 10.2. The number of nitrogens with zero attached hydrogens (tertiary/aromatic N) is 3. The van der Waals surface area contributed by atoms with E-state index in [0.29, 0.717) is 0 Å². The molecule has 31 heavy (non-hydrogen) atoms. The minimum absolute atomic E-state index is 0.107. The number of rotatable bonds is 3. The third-order valence-electron chi connectivity index (χ3n) is 5.37. The Morgan fingerprint density at radius 1 is 0.806 bits per heavy atom. The van der Waals surface area contributed by atoms with Gasteiger partial charge in [0.1, 0.15) is 0 Å². The maximum Gasteiger partial charge on any atom is 0.334 e. The van der Waals surface area contributed by atoms with E-state index in [1.165, 1.54) is 0 Å². The zero-order valence-electron chi connectivity index (χ0n) is 17.1. The molecular formula is C26H21N3OS. The van der Waals surface area contributed by atoms with E-state index in [1.807, 2.05) is 102 Å². The Hall–Kier alpha value is -3.57. The maximum atomic E-state index is 14.3. The van der Waals surface area contributed by atoms with Gasteiger partial charge >= 0.3 is 6.03 Å². The Labute approximate surface area is 186 Å². The van der Waals surface area contributed by atoms with E-state index < -0.39 is 0 Å². The second-order valence-corrected chi connectivity index (χ2v) is 8.38. The van der Waals surface area contributed by atoms with Gasteiger partial charge in [0.25, 0.3) is 0 Å². The molecule has 1 unspecified atom stereocenters. The monoisotopic (exact) mass is 423 g/mol. The van der Waals surface area contributed by atoms with Crippen molar-refractivity contribution in [1.29, 1.82) is 0 Å². The number of hydrogen-bond acceptors (Lipinski definition) is 3. The van der Waals surface area contributed by atoms with Gasteiger partial charge in [0.05, 0.1) is 23.1 Å². The minimum atomic E-state index is -0.245. The quantitative estimate of drug-likeness (QED) is 0.353. The van der Waals surface area contributed by atoms with Gasteiger partial charge in [0.15, 0.2) is 0 Å². The second kappa shape index (κ2) is 8.28. The zero-order valence-corrected chi connectivity index (χ0v) is 17.9. The lowest BCUT2D eigenvalue weighted by atomic mass is 10.1. The Kier molecular flexibility index (Phi) is 5.18. The van der Waals surface area contributed by atoms with Crippen molar-refractivity contribution in [3.63, 3.8) is 0 Å². The molecule has 2 amide bonds. The molecule has 3 aromatic carbocycles. The van der Waals surface area contributed by atoms with Crippen molar-refractivity contribution < 1.29 is 4.79 Å². The number of hydrogen-bond donors (Lipinski definition) is 0. The lowest BCUT2D eigenvalue weighted by Gasteiger charge is -2.37. The Bertz CT molecular complexity index is 1170. The number of benzene rings is 3. The molecule has 0 spiro atoms. The molecule has 4 aromatic rings. The zero-order chi connectivity index (χ0) is 21.2. The van der Waals surface area contributed by atoms with E-state index in [9.17, 15) is 4.79 Å². The fourth-order valence-corrected chi connectivity index (χ4v) is 4.92. The summed E-state index contributed by atoms with van der Waals surface area (Å²) in [6, 6.07) is 31.3. The predicted molar refractivity (Wildman–Crippen MR) is 126 cm³/mol. The predicted octanol–water partition coefficient (Wildman–Crippen LogP) is 7.07. The first kappa shape index (κ1) is 19.4. The van der Waals surface area contributed by atoms with Gasteiger partial charge in [-0.25, -0.2) is 4.79 Å². The number of aromatic nitrogens is 1. The van der Waals surface area contributed by atoms with Crippen LogP contribution in [0.1, 0.15) is 18.7 Å². The largest absolute Gasteiger partial charge is 0.334 e. The highest BCUT2D eigenvalue weighted by Gasteiger charge is 2.34. The summed E-state index contributed by atoms with van der Waals surface area (Å²) in [6.45, 7) is 2.02. The highest BCUT2D eigenvalue weighted by atomic mass is 32.2. The molecule has 5 rings (SSSR count). The number of carbonyl (C=O) groups excluding carboxylic acids is 1. The average Bonchev–Trinajstić information content (AvgIpc) is 2.83. The molecular weight excluding hydrogens is 402 g/mol. The first-order chi connectivity index (χ1) is 15.2. The summed E-state index contributed by atoms with van der Waals surface area (Å²) in [5.74, 6) is 0. The van der Waals surface area contributed by atoms with Crippen molar-refractivity contribution in [2.24, 2.45) is 0 Å². The number of carbonyl (C=O) groups is 1. The topological polar surface area (TPSA) is 36.4 Å². The summed E-state index contributed by atoms with van der Waals surface area (Å²) in [4.78, 5) is 24.6. The number of amides is 2. The third-order valence-corrected chi connectivity index (χ3v) is 6.50. The van der Waals surface area contributed by atoms with Crippen molar-refractivity contribution in [3.05, 3.63) is 109 Å². The molecule has 0 radical (unpaired) electrons. The second-order valence-electron chi connectivity index (χ2n) is 7.29. The number of para-hydroxylation sites is 3. The number of fused-ring (bicyclic) bond motifs is 2. The molecule has 0 saturated heterocycles. The third kappa shape index (κ3) is 3.57. The van der Waals surface area contributed by atoms with Crippen LogP contribution in [0.2, 0.25) is 0 Å². The van der Waals surface area contributed by atoms with Crippen LogP contribution in [0.5, 0.6) is 0 Å². The summed E-state index contributed by atoms with van der Waals surface area (Å²) >= 11 is 1.69. The molecule has 0 N–H and O–H groups in total. The molecule has 4 nitrogen and oxygen atoms in total. The van der Waals surface area contributed by atoms with Gasteiger partial charge in [-0.3, -0.25) is 14.8 Å². The van der Waals surface area contributed by atoms with Crippen molar-refractivity contribution >= 4 is 34.9 Å². The highest BCUT2D eigenvalue weighted by molar-refractivity contribution is 7.99. The van der Waals surface area contributed by atoms with Gasteiger partial charge in [-0.15, -0.1) is 0 Å².